The number of hydrogen-bond acceptors (Lipinski definition) is 4. The van der Waals surface area contributed by atoms with Gasteiger partial charge in [-0.25, -0.2) is 4.79 Å². The number of benzene rings is 2. The zero-order valence-corrected chi connectivity index (χ0v) is 15.1. The van der Waals surface area contributed by atoms with Crippen LogP contribution in [0.25, 0.3) is 0 Å². The summed E-state index contributed by atoms with van der Waals surface area (Å²) in [7, 11) is 0. The molecule has 0 aliphatic heterocycles. The first-order chi connectivity index (χ1) is 12.2. The fourth-order valence-electron chi connectivity index (χ4n) is 2.84. The first-order valence-electron chi connectivity index (χ1n) is 8.02. The van der Waals surface area contributed by atoms with Crippen LogP contribution in [0, 0.1) is 27.7 Å². The van der Waals surface area contributed by atoms with Gasteiger partial charge < -0.3 is 9.47 Å². The third-order valence-corrected chi connectivity index (χ3v) is 3.87. The molecule has 0 spiro atoms. The van der Waals surface area contributed by atoms with Crippen LogP contribution in [-0.4, -0.2) is 25.0 Å². The van der Waals surface area contributed by atoms with E-state index in [9.17, 15) is 18.4 Å². The summed E-state index contributed by atoms with van der Waals surface area (Å²) < 4.78 is 34.5. The zero-order valence-electron chi connectivity index (χ0n) is 15.1. The minimum absolute atomic E-state index is 0.0459. The molecular weight excluding hydrogens is 342 g/mol. The molecule has 138 valence electrons. The van der Waals surface area contributed by atoms with Crippen LogP contribution in [0.2, 0.25) is 0 Å². The molecule has 0 unspecified atom stereocenters. The average Bonchev–Trinajstić information content (AvgIpc) is 2.52. The van der Waals surface area contributed by atoms with Crippen LogP contribution in [0.5, 0.6) is 5.75 Å². The number of ether oxygens (including phenoxy) is 2. The molecule has 0 heterocycles. The molecule has 6 heteroatoms. The Morgan fingerprint density at radius 3 is 2.15 bits per heavy atom. The SMILES string of the molecule is Cc1cc(C)c(C(=O)OCC(=O)c2cc(C)ccc2OC(F)F)c(C)c1. The van der Waals surface area contributed by atoms with Crippen LogP contribution >= 0.6 is 0 Å². The van der Waals surface area contributed by atoms with Crippen LogP contribution in [-0.2, 0) is 4.74 Å². The van der Waals surface area contributed by atoms with Crippen molar-refractivity contribution in [2.75, 3.05) is 6.61 Å². The lowest BCUT2D eigenvalue weighted by Crippen LogP contribution is -2.17. The maximum atomic E-state index is 12.5. The molecule has 26 heavy (non-hydrogen) atoms. The second-order valence-corrected chi connectivity index (χ2v) is 6.15. The third kappa shape index (κ3) is 4.65. The molecule has 0 aliphatic rings. The molecule has 0 aromatic heterocycles. The summed E-state index contributed by atoms with van der Waals surface area (Å²) in [6, 6.07) is 7.97. The smallest absolute Gasteiger partial charge is 0.387 e. The average molecular weight is 362 g/mol. The van der Waals surface area contributed by atoms with E-state index >= 15 is 0 Å². The molecule has 0 amide bonds. The first-order valence-corrected chi connectivity index (χ1v) is 8.02. The minimum Gasteiger partial charge on any atom is -0.454 e. The van der Waals surface area contributed by atoms with Gasteiger partial charge in [0, 0.05) is 0 Å². The van der Waals surface area contributed by atoms with Gasteiger partial charge in [-0.3, -0.25) is 4.79 Å². The number of ketones is 1. The number of carbonyl (C=O) groups is 2. The predicted molar refractivity (Wildman–Crippen MR) is 93.1 cm³/mol. The Morgan fingerprint density at radius 2 is 1.58 bits per heavy atom. The number of esters is 1. The van der Waals surface area contributed by atoms with Gasteiger partial charge in [0.05, 0.1) is 11.1 Å². The Balaban J connectivity index is 2.17. The Bertz CT molecular complexity index is 821. The van der Waals surface area contributed by atoms with Crippen molar-refractivity contribution in [1.29, 1.82) is 0 Å². The van der Waals surface area contributed by atoms with E-state index in [1.165, 1.54) is 12.1 Å². The lowest BCUT2D eigenvalue weighted by Gasteiger charge is -2.13. The molecule has 0 N–H and O–H groups in total. The van der Waals surface area contributed by atoms with E-state index in [0.717, 1.165) is 16.7 Å². The highest BCUT2D eigenvalue weighted by Crippen LogP contribution is 2.23. The molecule has 0 saturated carbocycles. The van der Waals surface area contributed by atoms with Crippen LogP contribution in [0.3, 0.4) is 0 Å². The van der Waals surface area contributed by atoms with E-state index in [2.05, 4.69) is 4.74 Å². The largest absolute Gasteiger partial charge is 0.454 e. The van der Waals surface area contributed by atoms with Crippen molar-refractivity contribution in [2.45, 2.75) is 34.3 Å². The van der Waals surface area contributed by atoms with E-state index in [0.29, 0.717) is 11.1 Å². The Hall–Kier alpha value is -2.76. The summed E-state index contributed by atoms with van der Waals surface area (Å²) in [5.41, 5.74) is 3.56. The van der Waals surface area contributed by atoms with Gasteiger partial charge in [0.1, 0.15) is 5.75 Å². The molecule has 0 atom stereocenters. The van der Waals surface area contributed by atoms with Gasteiger partial charge >= 0.3 is 12.6 Å². The Labute approximate surface area is 150 Å². The van der Waals surface area contributed by atoms with Gasteiger partial charge in [0.25, 0.3) is 0 Å². The number of alkyl halides is 2. The predicted octanol–water partition coefficient (Wildman–Crippen LogP) is 4.56. The lowest BCUT2D eigenvalue weighted by molar-refractivity contribution is -0.0502. The summed E-state index contributed by atoms with van der Waals surface area (Å²) in [6.07, 6.45) is 0. The summed E-state index contributed by atoms with van der Waals surface area (Å²) >= 11 is 0. The number of Topliss-reactive ketones (excluding diaryl/α,β-unsaturated/α-hetero) is 1. The molecule has 4 nitrogen and oxygen atoms in total. The lowest BCUT2D eigenvalue weighted by atomic mass is 10.00. The zero-order chi connectivity index (χ0) is 19.4. The van der Waals surface area contributed by atoms with E-state index in [-0.39, 0.29) is 11.3 Å². The van der Waals surface area contributed by atoms with Gasteiger partial charge in [-0.1, -0.05) is 29.3 Å². The number of aryl methyl sites for hydroxylation is 4. The second kappa shape index (κ2) is 8.08. The number of halogens is 2. The maximum Gasteiger partial charge on any atom is 0.387 e. The molecule has 0 saturated heterocycles. The van der Waals surface area contributed by atoms with E-state index < -0.39 is 25.0 Å². The molecule has 2 aromatic rings. The minimum atomic E-state index is -3.05. The Kier molecular flexibility index (Phi) is 6.08. The quantitative estimate of drug-likeness (QED) is 0.558. The molecule has 2 aromatic carbocycles. The van der Waals surface area contributed by atoms with Gasteiger partial charge in [0.2, 0.25) is 5.78 Å². The normalized spacial score (nSPS) is 10.7. The van der Waals surface area contributed by atoms with Crippen molar-refractivity contribution in [3.63, 3.8) is 0 Å². The highest BCUT2D eigenvalue weighted by molar-refractivity contribution is 6.02. The number of hydrogen-bond donors (Lipinski definition) is 0. The van der Waals surface area contributed by atoms with Gasteiger partial charge in [0.15, 0.2) is 6.61 Å². The number of rotatable bonds is 6. The van der Waals surface area contributed by atoms with Crippen molar-refractivity contribution >= 4 is 11.8 Å². The van der Waals surface area contributed by atoms with Crippen molar-refractivity contribution in [3.8, 4) is 5.75 Å². The van der Waals surface area contributed by atoms with Crippen LogP contribution in [0.15, 0.2) is 30.3 Å². The van der Waals surface area contributed by atoms with E-state index in [4.69, 9.17) is 4.74 Å². The number of carbonyl (C=O) groups excluding carboxylic acids is 2. The molecule has 0 fully saturated rings. The third-order valence-electron chi connectivity index (χ3n) is 3.87. The van der Waals surface area contributed by atoms with Crippen molar-refractivity contribution in [3.05, 3.63) is 63.7 Å². The van der Waals surface area contributed by atoms with Gasteiger partial charge in [-0.05, 0) is 51.0 Å². The summed E-state index contributed by atoms with van der Waals surface area (Å²) in [5, 5.41) is 0. The van der Waals surface area contributed by atoms with Crippen molar-refractivity contribution in [1.82, 2.24) is 0 Å². The van der Waals surface area contributed by atoms with Crippen molar-refractivity contribution < 1.29 is 27.8 Å². The Morgan fingerprint density at radius 1 is 0.962 bits per heavy atom. The van der Waals surface area contributed by atoms with Crippen LogP contribution in [0.4, 0.5) is 8.78 Å². The van der Waals surface area contributed by atoms with Gasteiger partial charge in [-0.2, -0.15) is 8.78 Å². The fraction of sp³-hybridized carbons (Fsp3) is 0.300. The standard InChI is InChI=1S/C20H20F2O4/c1-11-5-6-17(26-20(21)22)15(9-11)16(23)10-25-19(24)18-13(3)7-12(2)8-14(18)4/h5-9,20H,10H2,1-4H3. The summed E-state index contributed by atoms with van der Waals surface area (Å²) in [6.45, 7) is 3.59. The van der Waals surface area contributed by atoms with E-state index in [1.807, 2.05) is 19.1 Å². The van der Waals surface area contributed by atoms with Crippen LogP contribution < -0.4 is 4.74 Å². The van der Waals surface area contributed by atoms with Gasteiger partial charge in [-0.15, -0.1) is 0 Å². The fourth-order valence-corrected chi connectivity index (χ4v) is 2.84. The maximum absolute atomic E-state index is 12.5. The highest BCUT2D eigenvalue weighted by Gasteiger charge is 2.20. The van der Waals surface area contributed by atoms with E-state index in [1.54, 1.807) is 26.8 Å². The molecule has 2 rings (SSSR count). The molecule has 0 aliphatic carbocycles. The topological polar surface area (TPSA) is 52.6 Å². The monoisotopic (exact) mass is 362 g/mol. The van der Waals surface area contributed by atoms with Crippen LogP contribution in [0.1, 0.15) is 43.0 Å². The van der Waals surface area contributed by atoms with Crippen molar-refractivity contribution in [2.24, 2.45) is 0 Å². The molecule has 0 radical (unpaired) electrons. The highest BCUT2D eigenvalue weighted by atomic mass is 19.3. The second-order valence-electron chi connectivity index (χ2n) is 6.15. The molecule has 0 bridgehead atoms. The first kappa shape index (κ1) is 19.6. The summed E-state index contributed by atoms with van der Waals surface area (Å²) in [4.78, 5) is 24.7. The summed E-state index contributed by atoms with van der Waals surface area (Å²) in [5.74, 6) is -1.48. The molecular formula is C20H20F2O4.